The summed E-state index contributed by atoms with van der Waals surface area (Å²) in [4.78, 5) is 30.4. The minimum Gasteiger partial charge on any atom is -0.335 e. The van der Waals surface area contributed by atoms with Gasteiger partial charge in [-0.1, -0.05) is 12.8 Å². The number of fused-ring (bicyclic) bond motifs is 2. The van der Waals surface area contributed by atoms with Gasteiger partial charge in [0.15, 0.2) is 17.3 Å². The molecule has 1 aliphatic rings. The maximum atomic E-state index is 15.3. The lowest BCUT2D eigenvalue weighted by molar-refractivity contribution is 0.102. The standard InChI is InChI=1S/C31H28FN7OS/c1-17(40)26-6-7-27(41-26)21-8-9-35-30-28(21)36-31(37-30)29-23-11-22(24(32)12-25(23)38-39-29)20-10-19(15-34-16-20)14-33-13-18-4-2-3-5-18/h6-12,15-16,18,33H,2-5,13-14H2,1H3,(H,38,39)(H,35,36,37). The van der Waals surface area contributed by atoms with Crippen LogP contribution in [0.25, 0.3) is 55.2 Å². The van der Waals surface area contributed by atoms with Gasteiger partial charge in [-0.3, -0.25) is 14.9 Å². The molecule has 1 saturated carbocycles. The van der Waals surface area contributed by atoms with Crippen LogP contribution in [0.1, 0.15) is 47.8 Å². The summed E-state index contributed by atoms with van der Waals surface area (Å²) in [5, 5.41) is 11.7. The molecule has 5 heterocycles. The molecule has 0 atom stereocenters. The van der Waals surface area contributed by atoms with Gasteiger partial charge in [0.2, 0.25) is 0 Å². The van der Waals surface area contributed by atoms with Crippen LogP contribution in [-0.4, -0.2) is 42.5 Å². The number of aromatic amines is 2. The normalized spacial score (nSPS) is 14.0. The predicted molar refractivity (Wildman–Crippen MR) is 159 cm³/mol. The number of hydrogen-bond acceptors (Lipinski definition) is 7. The zero-order chi connectivity index (χ0) is 27.9. The van der Waals surface area contributed by atoms with E-state index in [1.165, 1.54) is 43.1 Å². The average Bonchev–Trinajstić information content (AvgIpc) is 3.78. The molecule has 6 aromatic rings. The number of nitrogens with zero attached hydrogens (tertiary/aromatic N) is 4. The van der Waals surface area contributed by atoms with Gasteiger partial charge in [-0.2, -0.15) is 5.10 Å². The summed E-state index contributed by atoms with van der Waals surface area (Å²) >= 11 is 1.43. The zero-order valence-corrected chi connectivity index (χ0v) is 23.3. The average molecular weight is 566 g/mol. The number of rotatable bonds is 8. The number of ketones is 1. The minimum absolute atomic E-state index is 0.0314. The van der Waals surface area contributed by atoms with Crippen LogP contribution >= 0.6 is 11.3 Å². The van der Waals surface area contributed by atoms with Crippen molar-refractivity contribution in [3.63, 3.8) is 0 Å². The third kappa shape index (κ3) is 4.93. The number of carbonyl (C=O) groups is 1. The van der Waals surface area contributed by atoms with Crippen molar-refractivity contribution in [3.8, 4) is 33.1 Å². The molecule has 0 unspecified atom stereocenters. The molecule has 0 bridgehead atoms. The molecular formula is C31H28FN7OS. The first-order valence-corrected chi connectivity index (χ1v) is 14.6. The van der Waals surface area contributed by atoms with Crippen LogP contribution in [0.2, 0.25) is 0 Å². The minimum atomic E-state index is -0.349. The second-order valence-electron chi connectivity index (χ2n) is 10.7. The Bertz CT molecular complexity index is 1900. The van der Waals surface area contributed by atoms with Gasteiger partial charge in [-0.25, -0.2) is 14.4 Å². The van der Waals surface area contributed by atoms with Crippen LogP contribution in [0.15, 0.2) is 55.0 Å². The van der Waals surface area contributed by atoms with E-state index in [4.69, 9.17) is 4.98 Å². The summed E-state index contributed by atoms with van der Waals surface area (Å²) in [5.41, 5.74) is 5.52. The fourth-order valence-corrected chi connectivity index (χ4v) is 6.64. The molecule has 0 amide bonds. The van der Waals surface area contributed by atoms with Crippen molar-refractivity contribution in [2.24, 2.45) is 5.92 Å². The number of hydrogen-bond donors (Lipinski definition) is 3. The van der Waals surface area contributed by atoms with Gasteiger partial charge in [0, 0.05) is 58.2 Å². The van der Waals surface area contributed by atoms with E-state index in [0.717, 1.165) is 39.4 Å². The van der Waals surface area contributed by atoms with Gasteiger partial charge in [0.1, 0.15) is 11.5 Å². The van der Waals surface area contributed by atoms with Crippen molar-refractivity contribution in [1.29, 1.82) is 0 Å². The number of benzene rings is 1. The molecule has 1 fully saturated rings. The van der Waals surface area contributed by atoms with E-state index in [0.29, 0.717) is 45.2 Å². The highest BCUT2D eigenvalue weighted by molar-refractivity contribution is 7.17. The Kier molecular flexibility index (Phi) is 6.64. The lowest BCUT2D eigenvalue weighted by Gasteiger charge is -2.11. The van der Waals surface area contributed by atoms with Crippen molar-refractivity contribution in [2.45, 2.75) is 39.2 Å². The number of thiophene rings is 1. The highest BCUT2D eigenvalue weighted by Crippen LogP contribution is 2.36. The van der Waals surface area contributed by atoms with Crippen molar-refractivity contribution in [2.75, 3.05) is 6.54 Å². The highest BCUT2D eigenvalue weighted by Gasteiger charge is 2.19. The number of Topliss-reactive ketones (excluding diaryl/α,β-unsaturated/α-hetero) is 1. The van der Waals surface area contributed by atoms with Crippen LogP contribution in [0.3, 0.4) is 0 Å². The summed E-state index contributed by atoms with van der Waals surface area (Å²) < 4.78 is 15.3. The molecule has 1 aliphatic carbocycles. The van der Waals surface area contributed by atoms with Crippen molar-refractivity contribution < 1.29 is 9.18 Å². The number of pyridine rings is 2. The Morgan fingerprint density at radius 2 is 2.00 bits per heavy atom. The van der Waals surface area contributed by atoms with Crippen molar-refractivity contribution >= 4 is 39.2 Å². The molecule has 0 spiro atoms. The number of halogens is 1. The van der Waals surface area contributed by atoms with Gasteiger partial charge < -0.3 is 10.3 Å². The molecule has 1 aromatic carbocycles. The number of H-pyrrole nitrogens is 2. The van der Waals surface area contributed by atoms with E-state index in [-0.39, 0.29) is 11.6 Å². The van der Waals surface area contributed by atoms with Crippen LogP contribution < -0.4 is 5.32 Å². The Balaban J connectivity index is 1.22. The molecule has 41 heavy (non-hydrogen) atoms. The molecule has 7 rings (SSSR count). The molecule has 8 nitrogen and oxygen atoms in total. The van der Waals surface area contributed by atoms with E-state index < -0.39 is 0 Å². The fraction of sp³-hybridized carbons (Fsp3) is 0.258. The molecule has 5 aromatic heterocycles. The zero-order valence-electron chi connectivity index (χ0n) is 22.5. The van der Waals surface area contributed by atoms with E-state index in [2.05, 4.69) is 30.5 Å². The molecule has 0 aliphatic heterocycles. The van der Waals surface area contributed by atoms with E-state index in [1.54, 1.807) is 25.4 Å². The summed E-state index contributed by atoms with van der Waals surface area (Å²) in [6.45, 7) is 3.26. The third-order valence-electron chi connectivity index (χ3n) is 7.83. The number of carbonyl (C=O) groups excluding carboxylic acids is 1. The molecule has 0 radical (unpaired) electrons. The van der Waals surface area contributed by atoms with Crippen LogP contribution in [-0.2, 0) is 6.54 Å². The quantitative estimate of drug-likeness (QED) is 0.173. The van der Waals surface area contributed by atoms with Crippen LogP contribution in [0.4, 0.5) is 4.39 Å². The SMILES string of the molecule is CC(=O)c1ccc(-c2ccnc3nc(-c4n[nH]c5cc(F)c(-c6cncc(CNCC7CCCC7)c6)cc45)[nH]c23)s1. The maximum Gasteiger partial charge on any atom is 0.178 e. The Hall–Kier alpha value is -4.28. The summed E-state index contributed by atoms with van der Waals surface area (Å²) in [5.74, 6) is 0.954. The van der Waals surface area contributed by atoms with Gasteiger partial charge in [-0.05, 0) is 68.1 Å². The lowest BCUT2D eigenvalue weighted by Crippen LogP contribution is -2.20. The van der Waals surface area contributed by atoms with Gasteiger partial charge in [-0.15, -0.1) is 11.3 Å². The first kappa shape index (κ1) is 25.7. The molecular weight excluding hydrogens is 537 g/mol. The molecule has 0 saturated heterocycles. The molecule has 3 N–H and O–H groups in total. The number of aromatic nitrogens is 6. The number of imidazole rings is 1. The number of nitrogens with one attached hydrogen (secondary N) is 3. The first-order chi connectivity index (χ1) is 20.0. The third-order valence-corrected chi connectivity index (χ3v) is 9.05. The predicted octanol–water partition coefficient (Wildman–Crippen LogP) is 6.91. The highest BCUT2D eigenvalue weighted by atomic mass is 32.1. The molecule has 10 heteroatoms. The Morgan fingerprint density at radius 1 is 1.12 bits per heavy atom. The van der Waals surface area contributed by atoms with E-state index >= 15 is 4.39 Å². The maximum absolute atomic E-state index is 15.3. The van der Waals surface area contributed by atoms with Crippen LogP contribution in [0, 0.1) is 11.7 Å². The van der Waals surface area contributed by atoms with Gasteiger partial charge in [0.25, 0.3) is 0 Å². The second kappa shape index (κ2) is 10.6. The fourth-order valence-electron chi connectivity index (χ4n) is 5.71. The largest absolute Gasteiger partial charge is 0.335 e. The summed E-state index contributed by atoms with van der Waals surface area (Å²) in [6, 6.07) is 10.9. The summed E-state index contributed by atoms with van der Waals surface area (Å²) in [6.07, 6.45) is 10.5. The Labute approximate surface area is 239 Å². The molecule has 206 valence electrons. The van der Waals surface area contributed by atoms with Crippen molar-refractivity contribution in [1.82, 2.24) is 35.5 Å². The first-order valence-electron chi connectivity index (χ1n) is 13.8. The van der Waals surface area contributed by atoms with Gasteiger partial charge in [0.05, 0.1) is 15.9 Å². The van der Waals surface area contributed by atoms with Crippen molar-refractivity contribution in [3.05, 3.63) is 71.2 Å². The van der Waals surface area contributed by atoms with E-state index in [9.17, 15) is 4.79 Å². The lowest BCUT2D eigenvalue weighted by atomic mass is 10.0. The van der Waals surface area contributed by atoms with Crippen LogP contribution in [0.5, 0.6) is 0 Å². The second-order valence-corrected chi connectivity index (χ2v) is 11.8. The topological polar surface area (TPSA) is 112 Å². The smallest absolute Gasteiger partial charge is 0.178 e. The van der Waals surface area contributed by atoms with E-state index in [1.807, 2.05) is 30.5 Å². The van der Waals surface area contributed by atoms with Gasteiger partial charge >= 0.3 is 0 Å². The summed E-state index contributed by atoms with van der Waals surface area (Å²) in [7, 11) is 0. The monoisotopic (exact) mass is 565 g/mol. The Morgan fingerprint density at radius 3 is 2.83 bits per heavy atom.